The first-order valence-corrected chi connectivity index (χ1v) is 6.82. The van der Waals surface area contributed by atoms with E-state index in [4.69, 9.17) is 18.8 Å². The van der Waals surface area contributed by atoms with Gasteiger partial charge in [-0.05, 0) is 12.0 Å². The fourth-order valence-corrected chi connectivity index (χ4v) is 2.97. The van der Waals surface area contributed by atoms with Crippen molar-refractivity contribution < 1.29 is 18.8 Å². The van der Waals surface area contributed by atoms with Crippen molar-refractivity contribution in [1.29, 1.82) is 0 Å². The summed E-state index contributed by atoms with van der Waals surface area (Å²) in [4.78, 5) is 0. The second kappa shape index (κ2) is 6.05. The highest BCUT2D eigenvalue weighted by Crippen LogP contribution is 2.35. The van der Waals surface area contributed by atoms with Crippen LogP contribution in [0.3, 0.4) is 0 Å². The SMILES string of the molecule is COC1CCOC(B2OCCO2)C1c1ccccc1. The molecule has 5 heteroatoms. The first-order chi connectivity index (χ1) is 9.40. The zero-order valence-corrected chi connectivity index (χ0v) is 11.2. The molecule has 3 rings (SSSR count). The van der Waals surface area contributed by atoms with Crippen LogP contribution in [0.5, 0.6) is 0 Å². The van der Waals surface area contributed by atoms with Gasteiger partial charge < -0.3 is 18.8 Å². The molecule has 2 aliphatic heterocycles. The van der Waals surface area contributed by atoms with E-state index in [1.54, 1.807) is 7.11 Å². The van der Waals surface area contributed by atoms with E-state index in [1.807, 2.05) is 18.2 Å². The van der Waals surface area contributed by atoms with Gasteiger partial charge in [0.2, 0.25) is 0 Å². The van der Waals surface area contributed by atoms with Crippen LogP contribution in [0.4, 0.5) is 0 Å². The van der Waals surface area contributed by atoms with Gasteiger partial charge in [-0.3, -0.25) is 0 Å². The van der Waals surface area contributed by atoms with Gasteiger partial charge in [-0.25, -0.2) is 0 Å². The Morgan fingerprint density at radius 1 is 1.11 bits per heavy atom. The summed E-state index contributed by atoms with van der Waals surface area (Å²) < 4.78 is 22.9. The van der Waals surface area contributed by atoms with Crippen molar-refractivity contribution in [2.75, 3.05) is 26.9 Å². The molecule has 2 saturated heterocycles. The third-order valence-electron chi connectivity index (χ3n) is 3.87. The van der Waals surface area contributed by atoms with E-state index in [2.05, 4.69) is 12.1 Å². The molecule has 1 aromatic rings. The first-order valence-electron chi connectivity index (χ1n) is 6.82. The molecule has 3 unspecified atom stereocenters. The number of hydrogen-bond acceptors (Lipinski definition) is 4. The zero-order chi connectivity index (χ0) is 13.1. The number of methoxy groups -OCH3 is 1. The highest BCUT2D eigenvalue weighted by Gasteiger charge is 2.46. The molecule has 1 aromatic carbocycles. The minimum atomic E-state index is -0.275. The lowest BCUT2D eigenvalue weighted by atomic mass is 9.67. The smallest absolute Gasteiger partial charge is 0.407 e. The number of ether oxygens (including phenoxy) is 2. The lowest BCUT2D eigenvalue weighted by molar-refractivity contribution is -0.0573. The lowest BCUT2D eigenvalue weighted by Gasteiger charge is -2.38. The van der Waals surface area contributed by atoms with Gasteiger partial charge in [0.1, 0.15) is 6.00 Å². The Hall–Kier alpha value is -0.875. The summed E-state index contributed by atoms with van der Waals surface area (Å²) in [5, 5.41) is 0. The highest BCUT2D eigenvalue weighted by atomic mass is 16.7. The Morgan fingerprint density at radius 2 is 1.84 bits per heavy atom. The molecule has 3 atom stereocenters. The lowest BCUT2D eigenvalue weighted by Crippen LogP contribution is -2.48. The Kier molecular flexibility index (Phi) is 4.18. The molecule has 0 amide bonds. The molecule has 2 fully saturated rings. The molecule has 102 valence electrons. The van der Waals surface area contributed by atoms with E-state index in [0.29, 0.717) is 19.8 Å². The molecule has 2 aliphatic rings. The van der Waals surface area contributed by atoms with E-state index in [9.17, 15) is 0 Å². The average Bonchev–Trinajstić information content (AvgIpc) is 3.01. The fourth-order valence-electron chi connectivity index (χ4n) is 2.97. The van der Waals surface area contributed by atoms with Crippen molar-refractivity contribution in [3.63, 3.8) is 0 Å². The van der Waals surface area contributed by atoms with Crippen LogP contribution in [0.1, 0.15) is 17.9 Å². The fraction of sp³-hybridized carbons (Fsp3) is 0.571. The standard InChI is InChI=1S/C14H19BO4/c1-16-12-7-8-17-14(15-18-9-10-19-15)13(12)11-5-3-2-4-6-11/h2-6,12-14H,7-10H2,1H3. The molecule has 0 saturated carbocycles. The number of benzene rings is 1. The van der Waals surface area contributed by atoms with Gasteiger partial charge in [-0.2, -0.15) is 0 Å². The predicted octanol–water partition coefficient (Wildman–Crippen LogP) is 1.65. The van der Waals surface area contributed by atoms with Crippen LogP contribution < -0.4 is 0 Å². The molecular weight excluding hydrogens is 243 g/mol. The second-order valence-corrected chi connectivity index (χ2v) is 4.94. The molecule has 2 heterocycles. The summed E-state index contributed by atoms with van der Waals surface area (Å²) in [6.45, 7) is 1.98. The monoisotopic (exact) mass is 262 g/mol. The molecule has 0 radical (unpaired) electrons. The van der Waals surface area contributed by atoms with E-state index >= 15 is 0 Å². The Morgan fingerprint density at radius 3 is 2.53 bits per heavy atom. The topological polar surface area (TPSA) is 36.9 Å². The summed E-state index contributed by atoms with van der Waals surface area (Å²) in [6.07, 6.45) is 1.05. The molecule has 0 spiro atoms. The van der Waals surface area contributed by atoms with Gasteiger partial charge in [-0.1, -0.05) is 30.3 Å². The normalized spacial score (nSPS) is 31.6. The van der Waals surface area contributed by atoms with Crippen LogP contribution >= 0.6 is 0 Å². The average molecular weight is 262 g/mol. The summed E-state index contributed by atoms with van der Waals surface area (Å²) in [7, 11) is 1.49. The summed E-state index contributed by atoms with van der Waals surface area (Å²) in [5.41, 5.74) is 1.22. The predicted molar refractivity (Wildman–Crippen MR) is 72.0 cm³/mol. The number of rotatable bonds is 3. The second-order valence-electron chi connectivity index (χ2n) is 4.94. The molecule has 4 nitrogen and oxygen atoms in total. The Labute approximate surface area is 114 Å². The van der Waals surface area contributed by atoms with Gasteiger partial charge in [0.25, 0.3) is 0 Å². The Bertz CT molecular complexity index is 394. The minimum absolute atomic E-state index is 0.0939. The largest absolute Gasteiger partial charge is 0.488 e. The van der Waals surface area contributed by atoms with Gasteiger partial charge in [0.15, 0.2) is 0 Å². The summed E-state index contributed by atoms with van der Waals surface area (Å²) in [5.74, 6) is 0.156. The maximum absolute atomic E-state index is 5.93. The van der Waals surface area contributed by atoms with Crippen molar-refractivity contribution in [1.82, 2.24) is 0 Å². The highest BCUT2D eigenvalue weighted by molar-refractivity contribution is 6.47. The van der Waals surface area contributed by atoms with Crippen molar-refractivity contribution >= 4 is 7.12 Å². The Balaban J connectivity index is 1.87. The van der Waals surface area contributed by atoms with E-state index < -0.39 is 0 Å². The molecule has 0 N–H and O–H groups in total. The molecule has 19 heavy (non-hydrogen) atoms. The molecule has 0 aliphatic carbocycles. The van der Waals surface area contributed by atoms with Crippen molar-refractivity contribution in [2.45, 2.75) is 24.4 Å². The molecular formula is C14H19BO4. The maximum Gasteiger partial charge on any atom is 0.488 e. The molecule has 0 bridgehead atoms. The van der Waals surface area contributed by atoms with Crippen LogP contribution in [0.15, 0.2) is 30.3 Å². The zero-order valence-electron chi connectivity index (χ0n) is 11.2. The maximum atomic E-state index is 5.93. The van der Waals surface area contributed by atoms with Crippen molar-refractivity contribution in [3.8, 4) is 0 Å². The van der Waals surface area contributed by atoms with Crippen LogP contribution in [-0.4, -0.2) is 46.2 Å². The van der Waals surface area contributed by atoms with Gasteiger partial charge in [0.05, 0.1) is 19.3 Å². The van der Waals surface area contributed by atoms with Crippen LogP contribution in [0.2, 0.25) is 0 Å². The van der Waals surface area contributed by atoms with Gasteiger partial charge >= 0.3 is 7.12 Å². The quantitative estimate of drug-likeness (QED) is 0.776. The summed E-state index contributed by atoms with van der Waals surface area (Å²) in [6, 6.07) is 10.3. The number of hydrogen-bond donors (Lipinski definition) is 0. The van der Waals surface area contributed by atoms with Crippen molar-refractivity contribution in [2.24, 2.45) is 0 Å². The van der Waals surface area contributed by atoms with E-state index in [0.717, 1.165) is 6.42 Å². The van der Waals surface area contributed by atoms with Gasteiger partial charge in [-0.15, -0.1) is 0 Å². The minimum Gasteiger partial charge on any atom is -0.407 e. The van der Waals surface area contributed by atoms with Gasteiger partial charge in [0, 0.05) is 19.6 Å². The van der Waals surface area contributed by atoms with Crippen molar-refractivity contribution in [3.05, 3.63) is 35.9 Å². The third kappa shape index (κ3) is 2.70. The molecule has 0 aromatic heterocycles. The van der Waals surface area contributed by atoms with Crippen LogP contribution in [0.25, 0.3) is 0 Å². The first kappa shape index (κ1) is 13.1. The third-order valence-corrected chi connectivity index (χ3v) is 3.87. The van der Waals surface area contributed by atoms with Crippen LogP contribution in [0, 0.1) is 0 Å². The van der Waals surface area contributed by atoms with E-state index in [1.165, 1.54) is 5.56 Å². The van der Waals surface area contributed by atoms with E-state index in [-0.39, 0.29) is 25.1 Å². The van der Waals surface area contributed by atoms with Crippen LogP contribution in [-0.2, 0) is 18.8 Å². The summed E-state index contributed by atoms with van der Waals surface area (Å²) >= 11 is 0.